The fourth-order valence-electron chi connectivity index (χ4n) is 2.49. The zero-order valence-electron chi connectivity index (χ0n) is 13.9. The van der Waals surface area contributed by atoms with Crippen LogP contribution in [-0.4, -0.2) is 28.6 Å². The largest absolute Gasteiger partial charge is 0.480 e. The molecule has 138 valence electrons. The molecule has 0 spiro atoms. The van der Waals surface area contributed by atoms with Gasteiger partial charge in [-0.05, 0) is 23.8 Å². The number of anilines is 1. The maximum absolute atomic E-state index is 12.5. The Balaban J connectivity index is 1.77. The number of hydrogen-bond acceptors (Lipinski definition) is 6. The number of amides is 1. The second kappa shape index (κ2) is 7.83. The van der Waals surface area contributed by atoms with Crippen LogP contribution in [0.2, 0.25) is 0 Å². The van der Waals surface area contributed by atoms with Crippen molar-refractivity contribution in [3.05, 3.63) is 69.6 Å². The first-order valence-electron chi connectivity index (χ1n) is 7.81. The first-order chi connectivity index (χ1) is 13.0. The molecule has 1 heterocycles. The van der Waals surface area contributed by atoms with Gasteiger partial charge in [-0.25, -0.2) is 4.79 Å². The van der Waals surface area contributed by atoms with E-state index >= 15 is 0 Å². The summed E-state index contributed by atoms with van der Waals surface area (Å²) in [6.45, 7) is -0.672. The van der Waals surface area contributed by atoms with Crippen LogP contribution in [0.4, 0.5) is 16.2 Å². The SMILES string of the molecule is O=C(O)CN(C(=O)OCc1ccc([N+](=O)[O-])cc1)c1csc2ccccc12. The summed E-state index contributed by atoms with van der Waals surface area (Å²) in [4.78, 5) is 34.9. The summed E-state index contributed by atoms with van der Waals surface area (Å²) in [6, 6.07) is 12.9. The molecule has 9 heteroatoms. The lowest BCUT2D eigenvalue weighted by molar-refractivity contribution is -0.384. The average molecular weight is 386 g/mol. The van der Waals surface area contributed by atoms with Crippen LogP contribution in [0.1, 0.15) is 5.56 Å². The lowest BCUT2D eigenvalue weighted by Gasteiger charge is -2.19. The third-order valence-corrected chi connectivity index (χ3v) is 4.73. The van der Waals surface area contributed by atoms with E-state index in [0.29, 0.717) is 11.3 Å². The van der Waals surface area contributed by atoms with Gasteiger partial charge in [0.05, 0.1) is 10.6 Å². The molecule has 0 atom stereocenters. The number of benzene rings is 2. The number of fused-ring (bicyclic) bond motifs is 1. The average Bonchev–Trinajstić information content (AvgIpc) is 3.08. The third-order valence-electron chi connectivity index (χ3n) is 3.77. The minimum atomic E-state index is -1.17. The molecule has 0 aliphatic carbocycles. The molecule has 0 aliphatic heterocycles. The van der Waals surface area contributed by atoms with Gasteiger partial charge in [-0.3, -0.25) is 19.8 Å². The van der Waals surface area contributed by atoms with Gasteiger partial charge in [0.1, 0.15) is 13.2 Å². The van der Waals surface area contributed by atoms with Crippen molar-refractivity contribution in [3.63, 3.8) is 0 Å². The number of hydrogen-bond donors (Lipinski definition) is 1. The Morgan fingerprint density at radius 1 is 1.15 bits per heavy atom. The molecule has 8 nitrogen and oxygen atoms in total. The number of carbonyl (C=O) groups excluding carboxylic acids is 1. The predicted octanol–water partition coefficient (Wildman–Crippen LogP) is 4.04. The van der Waals surface area contributed by atoms with Crippen LogP contribution >= 0.6 is 11.3 Å². The van der Waals surface area contributed by atoms with E-state index in [1.54, 1.807) is 17.5 Å². The highest BCUT2D eigenvalue weighted by atomic mass is 32.1. The standard InChI is InChI=1S/C18H14N2O6S/c21-17(22)9-19(15-11-27-16-4-2-1-3-14(15)16)18(23)26-10-12-5-7-13(8-6-12)20(24)25/h1-8,11H,9-10H2,(H,21,22). The molecular weight excluding hydrogens is 372 g/mol. The van der Waals surface area contributed by atoms with Crippen molar-refractivity contribution in [2.45, 2.75) is 6.61 Å². The molecule has 0 bridgehead atoms. The van der Waals surface area contributed by atoms with Gasteiger partial charge in [0.25, 0.3) is 5.69 Å². The van der Waals surface area contributed by atoms with Crippen LogP contribution in [0.3, 0.4) is 0 Å². The van der Waals surface area contributed by atoms with E-state index in [1.807, 2.05) is 12.1 Å². The number of aliphatic carboxylic acids is 1. The molecular formula is C18H14N2O6S. The van der Waals surface area contributed by atoms with Gasteiger partial charge in [-0.1, -0.05) is 18.2 Å². The van der Waals surface area contributed by atoms with Gasteiger partial charge >= 0.3 is 12.1 Å². The third kappa shape index (κ3) is 4.21. The topological polar surface area (TPSA) is 110 Å². The molecule has 1 aromatic heterocycles. The first kappa shape index (κ1) is 18.3. The number of carbonyl (C=O) groups is 2. The molecule has 0 radical (unpaired) electrons. The molecule has 0 fully saturated rings. The summed E-state index contributed by atoms with van der Waals surface area (Å²) in [5.74, 6) is -1.17. The Morgan fingerprint density at radius 2 is 1.85 bits per heavy atom. The summed E-state index contributed by atoms with van der Waals surface area (Å²) in [7, 11) is 0. The van der Waals surface area contributed by atoms with E-state index < -0.39 is 23.5 Å². The molecule has 3 aromatic rings. The van der Waals surface area contributed by atoms with E-state index in [2.05, 4.69) is 0 Å². The highest BCUT2D eigenvalue weighted by Gasteiger charge is 2.23. The van der Waals surface area contributed by atoms with Gasteiger partial charge < -0.3 is 9.84 Å². The number of thiophene rings is 1. The maximum atomic E-state index is 12.5. The fraction of sp³-hybridized carbons (Fsp3) is 0.111. The van der Waals surface area contributed by atoms with Gasteiger partial charge in [-0.15, -0.1) is 11.3 Å². The van der Waals surface area contributed by atoms with Crippen molar-refractivity contribution in [3.8, 4) is 0 Å². The zero-order valence-corrected chi connectivity index (χ0v) is 14.7. The first-order valence-corrected chi connectivity index (χ1v) is 8.69. The molecule has 1 amide bonds. The van der Waals surface area contributed by atoms with E-state index in [9.17, 15) is 19.7 Å². The van der Waals surface area contributed by atoms with Crippen molar-refractivity contribution in [1.29, 1.82) is 0 Å². The Kier molecular flexibility index (Phi) is 5.32. The van der Waals surface area contributed by atoms with E-state index in [4.69, 9.17) is 9.84 Å². The smallest absolute Gasteiger partial charge is 0.415 e. The van der Waals surface area contributed by atoms with Crippen LogP contribution in [0.15, 0.2) is 53.9 Å². The lowest BCUT2D eigenvalue weighted by Crippen LogP contribution is -2.36. The molecule has 0 aliphatic rings. The molecule has 0 unspecified atom stereocenters. The van der Waals surface area contributed by atoms with Gasteiger partial charge in [0, 0.05) is 27.6 Å². The summed E-state index contributed by atoms with van der Waals surface area (Å²) in [5, 5.41) is 22.3. The van der Waals surface area contributed by atoms with E-state index in [0.717, 1.165) is 15.0 Å². The molecule has 0 saturated carbocycles. The Labute approximate surface area is 157 Å². The van der Waals surface area contributed by atoms with Gasteiger partial charge in [0.2, 0.25) is 0 Å². The molecule has 3 rings (SSSR count). The summed E-state index contributed by atoms with van der Waals surface area (Å²) < 4.78 is 6.14. The van der Waals surface area contributed by atoms with Crippen molar-refractivity contribution in [2.75, 3.05) is 11.4 Å². The summed E-state index contributed by atoms with van der Waals surface area (Å²) in [6.07, 6.45) is -0.806. The Hall–Kier alpha value is -3.46. The number of ether oxygens (including phenoxy) is 1. The summed E-state index contributed by atoms with van der Waals surface area (Å²) in [5.41, 5.74) is 0.952. The number of nitro benzene ring substituents is 1. The highest BCUT2D eigenvalue weighted by molar-refractivity contribution is 7.17. The van der Waals surface area contributed by atoms with E-state index in [-0.39, 0.29) is 12.3 Å². The fourth-order valence-corrected chi connectivity index (χ4v) is 3.44. The maximum Gasteiger partial charge on any atom is 0.415 e. The van der Waals surface area contributed by atoms with Gasteiger partial charge in [-0.2, -0.15) is 0 Å². The van der Waals surface area contributed by atoms with Crippen LogP contribution in [0.5, 0.6) is 0 Å². The second-order valence-electron chi connectivity index (χ2n) is 5.58. The minimum absolute atomic E-state index is 0.0673. The lowest BCUT2D eigenvalue weighted by atomic mass is 10.2. The Bertz CT molecular complexity index is 999. The highest BCUT2D eigenvalue weighted by Crippen LogP contribution is 2.33. The number of nitro groups is 1. The predicted molar refractivity (Wildman–Crippen MR) is 100 cm³/mol. The van der Waals surface area contributed by atoms with Crippen molar-refractivity contribution >= 4 is 44.9 Å². The van der Waals surface area contributed by atoms with Crippen LogP contribution in [-0.2, 0) is 16.1 Å². The molecule has 2 aromatic carbocycles. The van der Waals surface area contributed by atoms with Crippen molar-refractivity contribution in [2.24, 2.45) is 0 Å². The van der Waals surface area contributed by atoms with Crippen LogP contribution in [0.25, 0.3) is 10.1 Å². The number of carboxylic acid groups (broad SMARTS) is 1. The number of nitrogens with zero attached hydrogens (tertiary/aromatic N) is 2. The zero-order chi connectivity index (χ0) is 19.4. The molecule has 0 saturated heterocycles. The molecule has 1 N–H and O–H groups in total. The normalized spacial score (nSPS) is 10.5. The quantitative estimate of drug-likeness (QED) is 0.506. The molecule has 27 heavy (non-hydrogen) atoms. The second-order valence-corrected chi connectivity index (χ2v) is 6.49. The number of rotatable bonds is 6. The van der Waals surface area contributed by atoms with E-state index in [1.165, 1.54) is 35.6 Å². The number of non-ortho nitro benzene ring substituents is 1. The van der Waals surface area contributed by atoms with Gasteiger partial charge in [0.15, 0.2) is 0 Å². The number of carboxylic acids is 1. The van der Waals surface area contributed by atoms with Crippen molar-refractivity contribution < 1.29 is 24.4 Å². The van der Waals surface area contributed by atoms with Crippen molar-refractivity contribution in [1.82, 2.24) is 0 Å². The van der Waals surface area contributed by atoms with Crippen LogP contribution in [0, 0.1) is 10.1 Å². The Morgan fingerprint density at radius 3 is 2.52 bits per heavy atom. The monoisotopic (exact) mass is 386 g/mol. The summed E-state index contributed by atoms with van der Waals surface area (Å²) >= 11 is 1.40. The minimum Gasteiger partial charge on any atom is -0.480 e. The van der Waals surface area contributed by atoms with Crippen LogP contribution < -0.4 is 4.90 Å².